The van der Waals surface area contributed by atoms with Crippen molar-refractivity contribution in [2.24, 2.45) is 0 Å². The number of carbonyl (C=O) groups is 1. The molecule has 3 nitrogen and oxygen atoms in total. The van der Waals surface area contributed by atoms with Gasteiger partial charge < -0.3 is 10.2 Å². The van der Waals surface area contributed by atoms with E-state index >= 15 is 0 Å². The molecule has 0 bridgehead atoms. The standard InChI is InChI=1S/C16H26N2O/c1-6-13(7-2)18(5)16(19)14-10-8-9-11-15(14)17-12(3)4/h8-13,17H,6-7H2,1-5H3. The Morgan fingerprint density at radius 2 is 1.79 bits per heavy atom. The maximum absolute atomic E-state index is 12.6. The molecule has 19 heavy (non-hydrogen) atoms. The van der Waals surface area contributed by atoms with Crippen LogP contribution in [0.15, 0.2) is 24.3 Å². The van der Waals surface area contributed by atoms with E-state index < -0.39 is 0 Å². The van der Waals surface area contributed by atoms with Gasteiger partial charge in [-0.25, -0.2) is 0 Å². The second-order valence-corrected chi connectivity index (χ2v) is 5.23. The molecule has 3 heteroatoms. The monoisotopic (exact) mass is 262 g/mol. The van der Waals surface area contributed by atoms with E-state index in [4.69, 9.17) is 0 Å². The number of hydrogen-bond donors (Lipinski definition) is 1. The van der Waals surface area contributed by atoms with Crippen molar-refractivity contribution in [2.45, 2.75) is 52.6 Å². The average Bonchev–Trinajstić information content (AvgIpc) is 2.39. The summed E-state index contributed by atoms with van der Waals surface area (Å²) in [6, 6.07) is 8.35. The maximum atomic E-state index is 12.6. The van der Waals surface area contributed by atoms with Gasteiger partial charge in [-0.05, 0) is 38.8 Å². The minimum Gasteiger partial charge on any atom is -0.382 e. The van der Waals surface area contributed by atoms with Gasteiger partial charge in [0, 0.05) is 24.8 Å². The summed E-state index contributed by atoms with van der Waals surface area (Å²) < 4.78 is 0. The van der Waals surface area contributed by atoms with Crippen LogP contribution in [-0.2, 0) is 0 Å². The van der Waals surface area contributed by atoms with E-state index in [0.717, 1.165) is 24.1 Å². The number of hydrogen-bond acceptors (Lipinski definition) is 2. The highest BCUT2D eigenvalue weighted by Gasteiger charge is 2.20. The molecule has 0 saturated carbocycles. The Labute approximate surface area is 117 Å². The molecule has 1 rings (SSSR count). The fraction of sp³-hybridized carbons (Fsp3) is 0.562. The van der Waals surface area contributed by atoms with Gasteiger partial charge in [0.1, 0.15) is 0 Å². The van der Waals surface area contributed by atoms with Crippen LogP contribution in [0.4, 0.5) is 5.69 Å². The molecule has 0 spiro atoms. The van der Waals surface area contributed by atoms with Crippen molar-refractivity contribution in [3.63, 3.8) is 0 Å². The summed E-state index contributed by atoms with van der Waals surface area (Å²) in [6.45, 7) is 8.39. The lowest BCUT2D eigenvalue weighted by Gasteiger charge is -2.27. The topological polar surface area (TPSA) is 32.3 Å². The molecule has 0 atom stereocenters. The zero-order valence-corrected chi connectivity index (χ0v) is 12.7. The van der Waals surface area contributed by atoms with Crippen LogP contribution in [0.25, 0.3) is 0 Å². The molecule has 0 aliphatic heterocycles. The van der Waals surface area contributed by atoms with E-state index in [1.807, 2.05) is 36.2 Å². The average molecular weight is 262 g/mol. The molecule has 0 aliphatic carbocycles. The van der Waals surface area contributed by atoms with Gasteiger partial charge in [-0.3, -0.25) is 4.79 Å². The molecular weight excluding hydrogens is 236 g/mol. The van der Waals surface area contributed by atoms with Crippen molar-refractivity contribution in [1.29, 1.82) is 0 Å². The first-order valence-electron chi connectivity index (χ1n) is 7.13. The molecule has 1 N–H and O–H groups in total. The van der Waals surface area contributed by atoms with Crippen molar-refractivity contribution >= 4 is 11.6 Å². The maximum Gasteiger partial charge on any atom is 0.255 e. The number of rotatable bonds is 6. The highest BCUT2D eigenvalue weighted by atomic mass is 16.2. The predicted molar refractivity (Wildman–Crippen MR) is 81.7 cm³/mol. The Kier molecular flexibility index (Phi) is 5.87. The van der Waals surface area contributed by atoms with Gasteiger partial charge in [0.15, 0.2) is 0 Å². The van der Waals surface area contributed by atoms with Gasteiger partial charge in [-0.2, -0.15) is 0 Å². The minimum atomic E-state index is 0.0949. The lowest BCUT2D eigenvalue weighted by Crippen LogP contribution is -2.36. The van der Waals surface area contributed by atoms with E-state index in [9.17, 15) is 4.79 Å². The van der Waals surface area contributed by atoms with Crippen LogP contribution in [-0.4, -0.2) is 29.9 Å². The zero-order chi connectivity index (χ0) is 14.4. The molecule has 0 aliphatic rings. The Morgan fingerprint density at radius 1 is 1.21 bits per heavy atom. The SMILES string of the molecule is CCC(CC)N(C)C(=O)c1ccccc1NC(C)C. The van der Waals surface area contributed by atoms with Crippen molar-refractivity contribution < 1.29 is 4.79 Å². The molecule has 0 aromatic heterocycles. The summed E-state index contributed by atoms with van der Waals surface area (Å²) in [5.74, 6) is 0.0949. The Bertz CT molecular complexity index is 411. The highest BCUT2D eigenvalue weighted by molar-refractivity contribution is 5.99. The molecule has 0 unspecified atom stereocenters. The number of nitrogens with zero attached hydrogens (tertiary/aromatic N) is 1. The lowest BCUT2D eigenvalue weighted by molar-refractivity contribution is 0.0724. The second kappa shape index (κ2) is 7.17. The molecular formula is C16H26N2O. The first-order chi connectivity index (χ1) is 9.01. The third kappa shape index (κ3) is 3.98. The molecule has 0 heterocycles. The summed E-state index contributed by atoms with van der Waals surface area (Å²) in [5, 5.41) is 3.34. The van der Waals surface area contributed by atoms with E-state index in [-0.39, 0.29) is 5.91 Å². The smallest absolute Gasteiger partial charge is 0.255 e. The van der Waals surface area contributed by atoms with E-state index in [2.05, 4.69) is 33.0 Å². The molecule has 0 radical (unpaired) electrons. The molecule has 0 saturated heterocycles. The fourth-order valence-corrected chi connectivity index (χ4v) is 2.30. The first kappa shape index (κ1) is 15.5. The number of benzene rings is 1. The van der Waals surface area contributed by atoms with Crippen LogP contribution in [0.1, 0.15) is 50.9 Å². The van der Waals surface area contributed by atoms with E-state index in [0.29, 0.717) is 12.1 Å². The predicted octanol–water partition coefficient (Wildman–Crippen LogP) is 3.77. The number of anilines is 1. The molecule has 1 aromatic carbocycles. The van der Waals surface area contributed by atoms with Gasteiger partial charge in [0.05, 0.1) is 5.56 Å². The molecule has 0 fully saturated rings. The Morgan fingerprint density at radius 3 is 2.32 bits per heavy atom. The van der Waals surface area contributed by atoms with Gasteiger partial charge in [-0.15, -0.1) is 0 Å². The van der Waals surface area contributed by atoms with Crippen molar-refractivity contribution in [1.82, 2.24) is 4.90 Å². The van der Waals surface area contributed by atoms with Gasteiger partial charge in [0.25, 0.3) is 5.91 Å². The van der Waals surface area contributed by atoms with Crippen LogP contribution in [0.3, 0.4) is 0 Å². The third-order valence-corrected chi connectivity index (χ3v) is 3.41. The number of amides is 1. The van der Waals surface area contributed by atoms with Crippen LogP contribution in [0, 0.1) is 0 Å². The Balaban J connectivity index is 2.98. The third-order valence-electron chi connectivity index (χ3n) is 3.41. The minimum absolute atomic E-state index is 0.0949. The largest absolute Gasteiger partial charge is 0.382 e. The van der Waals surface area contributed by atoms with Crippen LogP contribution < -0.4 is 5.32 Å². The van der Waals surface area contributed by atoms with Crippen LogP contribution in [0.2, 0.25) is 0 Å². The summed E-state index contributed by atoms with van der Waals surface area (Å²) in [4.78, 5) is 14.5. The summed E-state index contributed by atoms with van der Waals surface area (Å²) in [6.07, 6.45) is 1.97. The molecule has 106 valence electrons. The van der Waals surface area contributed by atoms with Gasteiger partial charge >= 0.3 is 0 Å². The summed E-state index contributed by atoms with van der Waals surface area (Å²) in [5.41, 5.74) is 1.67. The van der Waals surface area contributed by atoms with Crippen molar-refractivity contribution in [3.8, 4) is 0 Å². The first-order valence-corrected chi connectivity index (χ1v) is 7.13. The van der Waals surface area contributed by atoms with Crippen LogP contribution >= 0.6 is 0 Å². The van der Waals surface area contributed by atoms with E-state index in [1.54, 1.807) is 0 Å². The summed E-state index contributed by atoms with van der Waals surface area (Å²) in [7, 11) is 1.89. The van der Waals surface area contributed by atoms with Crippen molar-refractivity contribution in [2.75, 3.05) is 12.4 Å². The van der Waals surface area contributed by atoms with Gasteiger partial charge in [-0.1, -0.05) is 26.0 Å². The quantitative estimate of drug-likeness (QED) is 0.846. The lowest BCUT2D eigenvalue weighted by atomic mass is 10.1. The van der Waals surface area contributed by atoms with Crippen LogP contribution in [0.5, 0.6) is 0 Å². The highest BCUT2D eigenvalue weighted by Crippen LogP contribution is 2.20. The zero-order valence-electron chi connectivity index (χ0n) is 12.7. The number of para-hydroxylation sites is 1. The normalized spacial score (nSPS) is 10.9. The fourth-order valence-electron chi connectivity index (χ4n) is 2.30. The number of carbonyl (C=O) groups excluding carboxylic acids is 1. The van der Waals surface area contributed by atoms with Crippen molar-refractivity contribution in [3.05, 3.63) is 29.8 Å². The Hall–Kier alpha value is -1.51. The van der Waals surface area contributed by atoms with Gasteiger partial charge in [0.2, 0.25) is 0 Å². The number of nitrogens with one attached hydrogen (secondary N) is 1. The van der Waals surface area contributed by atoms with E-state index in [1.165, 1.54) is 0 Å². The second-order valence-electron chi connectivity index (χ2n) is 5.23. The molecule has 1 amide bonds. The molecule has 1 aromatic rings. The summed E-state index contributed by atoms with van der Waals surface area (Å²) >= 11 is 0.